The van der Waals surface area contributed by atoms with Crippen molar-refractivity contribution in [2.45, 2.75) is 65.2 Å². The lowest BCUT2D eigenvalue weighted by Gasteiger charge is -2.11. The van der Waals surface area contributed by atoms with Gasteiger partial charge in [-0.2, -0.15) is 0 Å². The van der Waals surface area contributed by atoms with Gasteiger partial charge in [0.05, 0.1) is 25.7 Å². The lowest BCUT2D eigenvalue weighted by Crippen LogP contribution is -2.14. The van der Waals surface area contributed by atoms with Crippen LogP contribution in [0, 0.1) is 0 Å². The molecule has 0 saturated heterocycles. The highest BCUT2D eigenvalue weighted by Gasteiger charge is 2.08. The van der Waals surface area contributed by atoms with Gasteiger partial charge in [0.15, 0.2) is 0 Å². The Kier molecular flexibility index (Phi) is 13.9. The molecule has 7 nitrogen and oxygen atoms in total. The lowest BCUT2D eigenvalue weighted by molar-refractivity contribution is 0.0201. The van der Waals surface area contributed by atoms with Gasteiger partial charge in [-0.15, -0.1) is 0 Å². The minimum absolute atomic E-state index is 0.0156. The van der Waals surface area contributed by atoms with E-state index in [2.05, 4.69) is 52.0 Å². The molecule has 212 valence electrons. The first kappa shape index (κ1) is 31.6. The zero-order valence-electron chi connectivity index (χ0n) is 23.9. The van der Waals surface area contributed by atoms with Gasteiger partial charge in [0.1, 0.15) is 13.2 Å². The highest BCUT2D eigenvalue weighted by atomic mass is 16.7. The Hall–Kier alpha value is -3.58. The van der Waals surface area contributed by atoms with Crippen molar-refractivity contribution in [2.24, 2.45) is 0 Å². The van der Waals surface area contributed by atoms with E-state index in [0.29, 0.717) is 11.8 Å². The first-order valence-electron chi connectivity index (χ1n) is 13.4. The first-order valence-corrected chi connectivity index (χ1v) is 13.4. The third-order valence-corrected chi connectivity index (χ3v) is 6.16. The van der Waals surface area contributed by atoms with Crippen LogP contribution < -0.4 is 0 Å². The summed E-state index contributed by atoms with van der Waals surface area (Å²) in [6, 6.07) is 16.7. The minimum atomic E-state index is -0.810. The molecule has 0 radical (unpaired) electrons. The Morgan fingerprint density at radius 1 is 0.615 bits per heavy atom. The number of benzene rings is 2. The summed E-state index contributed by atoms with van der Waals surface area (Å²) < 4.78 is 25.2. The molecule has 0 aliphatic carbocycles. The Bertz CT molecular complexity index is 1000. The van der Waals surface area contributed by atoms with Gasteiger partial charge in [-0.3, -0.25) is 0 Å². The molecule has 39 heavy (non-hydrogen) atoms. The van der Waals surface area contributed by atoms with Crippen molar-refractivity contribution in [1.29, 1.82) is 0 Å². The fourth-order valence-electron chi connectivity index (χ4n) is 3.59. The molecule has 0 fully saturated rings. The first-order chi connectivity index (χ1) is 18.7. The molecule has 2 aromatic carbocycles. The van der Waals surface area contributed by atoms with Crippen molar-refractivity contribution in [3.8, 4) is 0 Å². The van der Waals surface area contributed by atoms with E-state index in [1.807, 2.05) is 38.1 Å². The molecular weight excluding hydrogens is 496 g/mol. The standard InChI is InChI=1S/C32H42O7/c1-23(2)27-9-7-11-29(21-27)25(5)13-15-36-31(33)38-19-17-35-18-20-39-32(34)37-16-14-26(6)30-12-8-10-28(22-30)24(3)4/h7-16,21-26H,17-20H2,1-6H3/b15-13+,16-14+. The third kappa shape index (κ3) is 12.2. The zero-order chi connectivity index (χ0) is 28.6. The number of carbonyl (C=O) groups excluding carboxylic acids is 2. The van der Waals surface area contributed by atoms with E-state index in [0.717, 1.165) is 11.1 Å². The van der Waals surface area contributed by atoms with E-state index in [4.69, 9.17) is 23.7 Å². The van der Waals surface area contributed by atoms with Gasteiger partial charge in [0, 0.05) is 11.8 Å². The molecule has 2 aromatic rings. The molecule has 0 heterocycles. The summed E-state index contributed by atoms with van der Waals surface area (Å²) in [5.41, 5.74) is 4.82. The van der Waals surface area contributed by atoms with Crippen LogP contribution in [0.5, 0.6) is 0 Å². The summed E-state index contributed by atoms with van der Waals surface area (Å²) >= 11 is 0. The third-order valence-electron chi connectivity index (χ3n) is 6.16. The van der Waals surface area contributed by atoms with Gasteiger partial charge in [-0.05, 0) is 46.2 Å². The van der Waals surface area contributed by atoms with Crippen LogP contribution in [0.2, 0.25) is 0 Å². The quantitative estimate of drug-likeness (QED) is 0.136. The summed E-state index contributed by atoms with van der Waals surface area (Å²) in [5, 5.41) is 0. The van der Waals surface area contributed by atoms with Crippen molar-refractivity contribution in [3.05, 3.63) is 95.5 Å². The van der Waals surface area contributed by atoms with Gasteiger partial charge < -0.3 is 23.7 Å². The van der Waals surface area contributed by atoms with Gasteiger partial charge >= 0.3 is 12.3 Å². The van der Waals surface area contributed by atoms with Gasteiger partial charge in [0.2, 0.25) is 0 Å². The van der Waals surface area contributed by atoms with Crippen molar-refractivity contribution < 1.29 is 33.3 Å². The second-order valence-corrected chi connectivity index (χ2v) is 9.93. The molecule has 0 aliphatic heterocycles. The van der Waals surface area contributed by atoms with Gasteiger partial charge in [-0.25, -0.2) is 9.59 Å². The maximum absolute atomic E-state index is 11.7. The zero-order valence-corrected chi connectivity index (χ0v) is 23.9. The molecule has 0 saturated carbocycles. The number of ether oxygens (including phenoxy) is 5. The van der Waals surface area contributed by atoms with Crippen LogP contribution >= 0.6 is 0 Å². The van der Waals surface area contributed by atoms with Crippen molar-refractivity contribution in [1.82, 2.24) is 0 Å². The topological polar surface area (TPSA) is 80.3 Å². The molecule has 7 heteroatoms. The van der Waals surface area contributed by atoms with E-state index >= 15 is 0 Å². The summed E-state index contributed by atoms with van der Waals surface area (Å²) in [5.74, 6) is 1.08. The number of rotatable bonds is 14. The van der Waals surface area contributed by atoms with Gasteiger partial charge in [-0.1, -0.05) is 90.1 Å². The van der Waals surface area contributed by atoms with Crippen LogP contribution in [0.25, 0.3) is 0 Å². The fraction of sp³-hybridized carbons (Fsp3) is 0.438. The second-order valence-electron chi connectivity index (χ2n) is 9.93. The molecule has 0 N–H and O–H groups in total. The van der Waals surface area contributed by atoms with E-state index in [1.54, 1.807) is 12.2 Å². The number of hydrogen-bond acceptors (Lipinski definition) is 7. The van der Waals surface area contributed by atoms with E-state index in [9.17, 15) is 9.59 Å². The summed E-state index contributed by atoms with van der Waals surface area (Å²) in [6.07, 6.45) is 4.66. The average molecular weight is 539 g/mol. The predicted molar refractivity (Wildman–Crippen MR) is 152 cm³/mol. The van der Waals surface area contributed by atoms with Crippen molar-refractivity contribution >= 4 is 12.3 Å². The van der Waals surface area contributed by atoms with Crippen LogP contribution in [-0.2, 0) is 23.7 Å². The molecular formula is C32H42O7. The number of carbonyl (C=O) groups is 2. The minimum Gasteiger partial charge on any atom is -0.432 e. The summed E-state index contributed by atoms with van der Waals surface area (Å²) in [4.78, 5) is 23.4. The van der Waals surface area contributed by atoms with Crippen molar-refractivity contribution in [2.75, 3.05) is 26.4 Å². The van der Waals surface area contributed by atoms with Crippen LogP contribution in [-0.4, -0.2) is 38.7 Å². The van der Waals surface area contributed by atoms with Gasteiger partial charge in [0.25, 0.3) is 0 Å². The Labute approximate surface area is 232 Å². The Morgan fingerprint density at radius 2 is 1.00 bits per heavy atom. The maximum atomic E-state index is 11.7. The molecule has 2 atom stereocenters. The molecule has 0 aliphatic rings. The normalized spacial score (nSPS) is 13.1. The fourth-order valence-corrected chi connectivity index (χ4v) is 3.59. The molecule has 2 rings (SSSR count). The van der Waals surface area contributed by atoms with Crippen LogP contribution in [0.3, 0.4) is 0 Å². The largest absolute Gasteiger partial charge is 0.513 e. The van der Waals surface area contributed by atoms with E-state index < -0.39 is 12.3 Å². The van der Waals surface area contributed by atoms with Crippen LogP contribution in [0.1, 0.15) is 87.5 Å². The molecule has 0 spiro atoms. The highest BCUT2D eigenvalue weighted by Crippen LogP contribution is 2.23. The molecule has 0 aromatic heterocycles. The number of allylic oxidation sites excluding steroid dienone is 2. The van der Waals surface area contributed by atoms with E-state index in [-0.39, 0.29) is 38.3 Å². The summed E-state index contributed by atoms with van der Waals surface area (Å²) in [7, 11) is 0. The lowest BCUT2D eigenvalue weighted by atomic mass is 9.95. The van der Waals surface area contributed by atoms with Crippen molar-refractivity contribution in [3.63, 3.8) is 0 Å². The SMILES string of the molecule is CC(C)c1cccc(C(C)/C=C/OC(=O)OCCOCCOC(=O)O/C=C/C(C)c2cccc(C(C)C)c2)c1. The molecule has 0 bridgehead atoms. The monoisotopic (exact) mass is 538 g/mol. The smallest absolute Gasteiger partial charge is 0.432 e. The Morgan fingerprint density at radius 3 is 1.38 bits per heavy atom. The Balaban J connectivity index is 1.54. The highest BCUT2D eigenvalue weighted by molar-refractivity contribution is 5.61. The van der Waals surface area contributed by atoms with Crippen LogP contribution in [0.15, 0.2) is 73.2 Å². The molecule has 0 amide bonds. The number of hydrogen-bond donors (Lipinski definition) is 0. The van der Waals surface area contributed by atoms with Crippen LogP contribution in [0.4, 0.5) is 9.59 Å². The summed E-state index contributed by atoms with van der Waals surface area (Å²) in [6.45, 7) is 13.0. The predicted octanol–water partition coefficient (Wildman–Crippen LogP) is 8.19. The van der Waals surface area contributed by atoms with E-state index in [1.165, 1.54) is 23.7 Å². The average Bonchev–Trinajstić information content (AvgIpc) is 2.92. The second kappa shape index (κ2) is 17.1. The molecule has 2 unspecified atom stereocenters. The maximum Gasteiger partial charge on any atom is 0.513 e.